The second kappa shape index (κ2) is 9.39. The Morgan fingerprint density at radius 2 is 2.00 bits per heavy atom. The predicted octanol–water partition coefficient (Wildman–Crippen LogP) is 3.91. The number of rotatable bonds is 4. The van der Waals surface area contributed by atoms with Crippen LogP contribution in [0.4, 0.5) is 0 Å². The summed E-state index contributed by atoms with van der Waals surface area (Å²) in [6.07, 6.45) is 8.91. The second-order valence-corrected chi connectivity index (χ2v) is 18.5. The predicted molar refractivity (Wildman–Crippen MR) is 69.1 cm³/mol. The Bertz CT molecular complexity index is 212. The fourth-order valence-corrected chi connectivity index (χ4v) is 10.1. The molecule has 0 aromatic heterocycles. The van der Waals surface area contributed by atoms with Gasteiger partial charge in [-0.05, 0) is 0 Å². The zero-order valence-corrected chi connectivity index (χ0v) is 14.4. The van der Waals surface area contributed by atoms with Gasteiger partial charge in [0.1, 0.15) is 0 Å². The Balaban J connectivity index is 0. The van der Waals surface area contributed by atoms with Crippen molar-refractivity contribution in [3.8, 4) is 0 Å². The second-order valence-electron chi connectivity index (χ2n) is 3.70. The van der Waals surface area contributed by atoms with Gasteiger partial charge in [0, 0.05) is 0 Å². The molecule has 0 aromatic rings. The summed E-state index contributed by atoms with van der Waals surface area (Å²) < 4.78 is 1.86. The summed E-state index contributed by atoms with van der Waals surface area (Å²) in [4.78, 5) is 0. The molecular formula is C10H20Cl2SiZr. The van der Waals surface area contributed by atoms with E-state index in [2.05, 4.69) is 32.2 Å². The van der Waals surface area contributed by atoms with E-state index >= 15 is 0 Å². The molecule has 82 valence electrons. The van der Waals surface area contributed by atoms with Crippen molar-refractivity contribution in [1.29, 1.82) is 0 Å². The fraction of sp³-hybridized carbons (Fsp3) is 0.600. The Labute approximate surface area is 113 Å². The molecular weight excluding hydrogens is 310 g/mol. The summed E-state index contributed by atoms with van der Waals surface area (Å²) in [5, 5.41) is 0. The normalized spacial score (nSPS) is 14.0. The number of halogens is 2. The van der Waals surface area contributed by atoms with Crippen LogP contribution in [0.2, 0.25) is 13.1 Å². The third-order valence-electron chi connectivity index (χ3n) is 1.96. The smallest absolute Gasteiger partial charge is 0.147 e. The molecule has 0 bridgehead atoms. The minimum absolute atomic E-state index is 0. The van der Waals surface area contributed by atoms with Gasteiger partial charge in [-0.15, -0.1) is 24.8 Å². The molecule has 14 heavy (non-hydrogen) atoms. The van der Waals surface area contributed by atoms with Crippen molar-refractivity contribution >= 4 is 30.7 Å². The zero-order valence-electron chi connectivity index (χ0n) is 9.17. The summed E-state index contributed by atoms with van der Waals surface area (Å²) in [6.45, 7) is 7.28. The van der Waals surface area contributed by atoms with Crippen LogP contribution in [0.25, 0.3) is 0 Å². The third kappa shape index (κ3) is 6.61. The van der Waals surface area contributed by atoms with Crippen LogP contribution in [0.15, 0.2) is 21.0 Å². The summed E-state index contributed by atoms with van der Waals surface area (Å²) in [5.41, 5.74) is 1.63. The summed E-state index contributed by atoms with van der Waals surface area (Å²) in [7, 11) is 0. The molecule has 0 atom stereocenters. The Morgan fingerprint density at radius 1 is 1.36 bits per heavy atom. The van der Waals surface area contributed by atoms with E-state index in [0.717, 1.165) is 0 Å². The van der Waals surface area contributed by atoms with Crippen LogP contribution in [-0.4, -0.2) is 5.92 Å². The van der Waals surface area contributed by atoms with E-state index in [1.807, 2.05) is 3.28 Å². The van der Waals surface area contributed by atoms with Gasteiger partial charge < -0.3 is 0 Å². The van der Waals surface area contributed by atoms with E-state index in [1.54, 1.807) is 5.57 Å². The van der Waals surface area contributed by atoms with Gasteiger partial charge in [-0.3, -0.25) is 0 Å². The quantitative estimate of drug-likeness (QED) is 0.686. The first-order valence-corrected chi connectivity index (χ1v) is 13.3. The maximum atomic E-state index is 2.52. The third-order valence-corrected chi connectivity index (χ3v) is 10.8. The van der Waals surface area contributed by atoms with E-state index in [0.29, 0.717) is 0 Å². The van der Waals surface area contributed by atoms with Crippen LogP contribution in [-0.2, 0) is 22.4 Å². The van der Waals surface area contributed by atoms with Gasteiger partial charge in [0.25, 0.3) is 0 Å². The van der Waals surface area contributed by atoms with Crippen LogP contribution in [0.5, 0.6) is 0 Å². The number of allylic oxidation sites excluding steroid dienone is 4. The van der Waals surface area contributed by atoms with E-state index in [9.17, 15) is 0 Å². The molecule has 0 radical (unpaired) electrons. The van der Waals surface area contributed by atoms with Gasteiger partial charge in [-0.1, -0.05) is 0 Å². The molecule has 0 heterocycles. The molecule has 0 fully saturated rings. The van der Waals surface area contributed by atoms with Crippen molar-refractivity contribution in [1.82, 2.24) is 0 Å². The van der Waals surface area contributed by atoms with Crippen molar-refractivity contribution < 1.29 is 22.4 Å². The van der Waals surface area contributed by atoms with Crippen molar-refractivity contribution in [2.24, 2.45) is 0 Å². The summed E-state index contributed by atoms with van der Waals surface area (Å²) >= 11 is -0.0468. The minimum Gasteiger partial charge on any atom is -0.147 e. The Morgan fingerprint density at radius 3 is 2.50 bits per heavy atom. The van der Waals surface area contributed by atoms with Crippen LogP contribution in [0.1, 0.15) is 26.2 Å². The standard InChI is InChI=1S/C8H11.C2H7Si.2ClH.Zr/c1-2-5-8-6-3-4-7-8;1-3-2;;;/h6-7H,2-3,5H2,1H3;3H,1-2H3;2*1H;. The molecule has 4 heteroatoms. The number of hydrogen-bond donors (Lipinski definition) is 0. The molecule has 1 aliphatic carbocycles. The molecule has 0 unspecified atom stereocenters. The van der Waals surface area contributed by atoms with Crippen molar-refractivity contribution in [3.05, 3.63) is 21.0 Å². The van der Waals surface area contributed by atoms with Crippen molar-refractivity contribution in [2.45, 2.75) is 39.3 Å². The van der Waals surface area contributed by atoms with Gasteiger partial charge in [0.05, 0.1) is 0 Å². The minimum atomic E-state index is -0.203. The molecule has 0 nitrogen and oxygen atoms in total. The van der Waals surface area contributed by atoms with E-state index in [-0.39, 0.29) is 53.1 Å². The van der Waals surface area contributed by atoms with Crippen LogP contribution >= 0.6 is 24.8 Å². The average molecular weight is 330 g/mol. The van der Waals surface area contributed by atoms with Gasteiger partial charge in [-0.25, -0.2) is 0 Å². The van der Waals surface area contributed by atoms with Gasteiger partial charge in [0.15, 0.2) is 0 Å². The molecule has 0 saturated heterocycles. The number of hydrogen-bond acceptors (Lipinski definition) is 0. The monoisotopic (exact) mass is 328 g/mol. The molecule has 1 aliphatic rings. The first kappa shape index (κ1) is 17.6. The topological polar surface area (TPSA) is 0 Å². The van der Waals surface area contributed by atoms with Crippen LogP contribution in [0.3, 0.4) is 0 Å². The van der Waals surface area contributed by atoms with Crippen LogP contribution in [0, 0.1) is 0 Å². The summed E-state index contributed by atoms with van der Waals surface area (Å²) in [5.74, 6) is -0.203. The molecule has 0 N–H and O–H groups in total. The largest absolute Gasteiger partial charge is 0.147 e. The first-order valence-electron chi connectivity index (χ1n) is 4.88. The molecule has 0 saturated carbocycles. The van der Waals surface area contributed by atoms with E-state index in [4.69, 9.17) is 0 Å². The van der Waals surface area contributed by atoms with Crippen molar-refractivity contribution in [3.63, 3.8) is 0 Å². The van der Waals surface area contributed by atoms with E-state index < -0.39 is 0 Å². The van der Waals surface area contributed by atoms with Crippen LogP contribution < -0.4 is 0 Å². The van der Waals surface area contributed by atoms with E-state index in [1.165, 1.54) is 19.3 Å². The fourth-order valence-electron chi connectivity index (χ4n) is 1.52. The Hall–Kier alpha value is 1.16. The van der Waals surface area contributed by atoms with Crippen molar-refractivity contribution in [2.75, 3.05) is 0 Å². The van der Waals surface area contributed by atoms with Gasteiger partial charge in [0.2, 0.25) is 0 Å². The maximum Gasteiger partial charge on any atom is -0.147 e. The molecule has 0 spiro atoms. The molecule has 0 aromatic carbocycles. The maximum absolute atomic E-state index is 2.52. The summed E-state index contributed by atoms with van der Waals surface area (Å²) in [6, 6.07) is 0. The molecule has 0 amide bonds. The van der Waals surface area contributed by atoms with Gasteiger partial charge >= 0.3 is 88.6 Å². The van der Waals surface area contributed by atoms with Gasteiger partial charge in [-0.2, -0.15) is 0 Å². The molecule has 0 aliphatic heterocycles. The Kier molecular flexibility index (Phi) is 11.8. The zero-order chi connectivity index (χ0) is 8.97. The average Bonchev–Trinajstić information content (AvgIpc) is 2.36. The first-order chi connectivity index (χ1) is 5.72. The molecule has 1 rings (SSSR count). The SMILES string of the molecule is CCCC1=CC[C]([Zr][SiH](C)C)=C1.Cl.Cl.